The molecule has 0 bridgehead atoms. The summed E-state index contributed by atoms with van der Waals surface area (Å²) in [4.78, 5) is 0. The number of ether oxygens (including phenoxy) is 1. The van der Waals surface area contributed by atoms with Gasteiger partial charge in [-0.15, -0.1) is 11.6 Å². The van der Waals surface area contributed by atoms with E-state index in [4.69, 9.17) is 16.3 Å². The number of alkyl halides is 1. The third-order valence-electron chi connectivity index (χ3n) is 3.27. The fraction of sp³-hybridized carbons (Fsp3) is 0.538. The summed E-state index contributed by atoms with van der Waals surface area (Å²) in [6.07, 6.45) is 3.61. The number of aryl methyl sites for hydroxylation is 1. The second-order valence-electron chi connectivity index (χ2n) is 4.24. The summed E-state index contributed by atoms with van der Waals surface area (Å²) in [6.45, 7) is 2.09. The molecule has 0 saturated carbocycles. The molecule has 1 aromatic carbocycles. The van der Waals surface area contributed by atoms with E-state index in [1.807, 2.05) is 6.07 Å². The first kappa shape index (κ1) is 10.8. The molecular weight excluding hydrogens is 208 g/mol. The van der Waals surface area contributed by atoms with Crippen molar-refractivity contribution in [3.8, 4) is 5.75 Å². The molecule has 1 aliphatic rings. The first-order valence-corrected chi connectivity index (χ1v) is 5.97. The first-order chi connectivity index (χ1) is 7.22. The van der Waals surface area contributed by atoms with Gasteiger partial charge in [-0.1, -0.05) is 6.07 Å². The van der Waals surface area contributed by atoms with Crippen LogP contribution in [0.4, 0.5) is 0 Å². The maximum absolute atomic E-state index is 6.23. The molecule has 82 valence electrons. The lowest BCUT2D eigenvalue weighted by molar-refractivity contribution is 0.412. The van der Waals surface area contributed by atoms with E-state index in [1.165, 1.54) is 24.0 Å². The Labute approximate surface area is 96.4 Å². The molecule has 1 aliphatic carbocycles. The molecule has 1 aromatic rings. The summed E-state index contributed by atoms with van der Waals surface area (Å²) in [5, 5.41) is 0.220. The minimum absolute atomic E-state index is 0.220. The van der Waals surface area contributed by atoms with Gasteiger partial charge >= 0.3 is 0 Å². The Morgan fingerprint density at radius 1 is 1.47 bits per heavy atom. The second kappa shape index (κ2) is 4.44. The fourth-order valence-corrected chi connectivity index (χ4v) is 2.69. The highest BCUT2D eigenvalue weighted by Crippen LogP contribution is 2.37. The van der Waals surface area contributed by atoms with Gasteiger partial charge in [0.25, 0.3) is 0 Å². The molecule has 0 aromatic heterocycles. The normalized spacial score (nSPS) is 21.9. The number of hydrogen-bond acceptors (Lipinski definition) is 1. The van der Waals surface area contributed by atoms with Gasteiger partial charge in [0, 0.05) is 11.3 Å². The van der Waals surface area contributed by atoms with Crippen LogP contribution in [0.5, 0.6) is 5.75 Å². The number of hydrogen-bond donors (Lipinski definition) is 0. The average Bonchev–Trinajstić information content (AvgIpc) is 2.27. The average molecular weight is 225 g/mol. The predicted molar refractivity (Wildman–Crippen MR) is 64.0 cm³/mol. The lowest BCUT2D eigenvalue weighted by Gasteiger charge is -2.27. The van der Waals surface area contributed by atoms with E-state index in [0.29, 0.717) is 5.92 Å². The molecule has 0 aliphatic heterocycles. The summed E-state index contributed by atoms with van der Waals surface area (Å²) in [7, 11) is 1.71. The van der Waals surface area contributed by atoms with E-state index < -0.39 is 0 Å². The summed E-state index contributed by atoms with van der Waals surface area (Å²) < 4.78 is 5.24. The van der Waals surface area contributed by atoms with E-state index in [2.05, 4.69) is 19.1 Å². The standard InChI is InChI=1S/C13H17ClO/c1-9(14)12-5-3-4-10-8-11(15-2)6-7-13(10)12/h6-9,12H,3-5H2,1-2H3. The zero-order valence-corrected chi connectivity index (χ0v) is 10.1. The quantitative estimate of drug-likeness (QED) is 0.696. The molecule has 2 atom stereocenters. The van der Waals surface area contributed by atoms with Crippen molar-refractivity contribution < 1.29 is 4.74 Å². The molecule has 1 nitrogen and oxygen atoms in total. The van der Waals surface area contributed by atoms with Gasteiger partial charge in [0.2, 0.25) is 0 Å². The molecule has 0 heterocycles. The lowest BCUT2D eigenvalue weighted by Crippen LogP contribution is -2.16. The van der Waals surface area contributed by atoms with Crippen LogP contribution in [-0.4, -0.2) is 12.5 Å². The molecule has 2 unspecified atom stereocenters. The SMILES string of the molecule is COc1ccc2c(c1)CCCC2C(C)Cl. The monoisotopic (exact) mass is 224 g/mol. The summed E-state index contributed by atoms with van der Waals surface area (Å²) >= 11 is 6.23. The van der Waals surface area contributed by atoms with Crippen molar-refractivity contribution in [3.05, 3.63) is 29.3 Å². The zero-order chi connectivity index (χ0) is 10.8. The van der Waals surface area contributed by atoms with Crippen LogP contribution in [0.3, 0.4) is 0 Å². The van der Waals surface area contributed by atoms with Crippen LogP contribution in [0.2, 0.25) is 0 Å². The van der Waals surface area contributed by atoms with Gasteiger partial charge in [0.1, 0.15) is 5.75 Å². The minimum Gasteiger partial charge on any atom is -0.497 e. The number of rotatable bonds is 2. The highest BCUT2D eigenvalue weighted by atomic mass is 35.5. The Bertz CT molecular complexity index is 346. The lowest BCUT2D eigenvalue weighted by atomic mass is 9.81. The van der Waals surface area contributed by atoms with Gasteiger partial charge in [0.05, 0.1) is 7.11 Å². The van der Waals surface area contributed by atoms with E-state index in [-0.39, 0.29) is 5.38 Å². The van der Waals surface area contributed by atoms with E-state index in [9.17, 15) is 0 Å². The smallest absolute Gasteiger partial charge is 0.119 e. The van der Waals surface area contributed by atoms with Gasteiger partial charge in [-0.05, 0) is 49.4 Å². The Morgan fingerprint density at radius 3 is 2.93 bits per heavy atom. The third kappa shape index (κ3) is 2.12. The maximum atomic E-state index is 6.23. The van der Waals surface area contributed by atoms with Crippen LogP contribution >= 0.6 is 11.6 Å². The molecule has 2 heteroatoms. The van der Waals surface area contributed by atoms with Gasteiger partial charge < -0.3 is 4.74 Å². The van der Waals surface area contributed by atoms with Crippen LogP contribution in [0.1, 0.15) is 36.8 Å². The minimum atomic E-state index is 0.220. The van der Waals surface area contributed by atoms with Crippen molar-refractivity contribution in [3.63, 3.8) is 0 Å². The van der Waals surface area contributed by atoms with Crippen molar-refractivity contribution in [1.82, 2.24) is 0 Å². The Balaban J connectivity index is 2.36. The van der Waals surface area contributed by atoms with Gasteiger partial charge in [-0.25, -0.2) is 0 Å². The molecular formula is C13H17ClO. The zero-order valence-electron chi connectivity index (χ0n) is 9.29. The molecule has 0 radical (unpaired) electrons. The van der Waals surface area contributed by atoms with Gasteiger partial charge in [0.15, 0.2) is 0 Å². The van der Waals surface area contributed by atoms with Crippen LogP contribution < -0.4 is 4.74 Å². The van der Waals surface area contributed by atoms with Crippen molar-refractivity contribution >= 4 is 11.6 Å². The number of benzene rings is 1. The molecule has 15 heavy (non-hydrogen) atoms. The molecule has 0 amide bonds. The largest absolute Gasteiger partial charge is 0.497 e. The molecule has 0 spiro atoms. The number of fused-ring (bicyclic) bond motifs is 1. The van der Waals surface area contributed by atoms with Gasteiger partial charge in [-0.3, -0.25) is 0 Å². The van der Waals surface area contributed by atoms with E-state index in [1.54, 1.807) is 7.11 Å². The highest BCUT2D eigenvalue weighted by Gasteiger charge is 2.24. The summed E-state index contributed by atoms with van der Waals surface area (Å²) in [5.41, 5.74) is 2.84. The van der Waals surface area contributed by atoms with Crippen LogP contribution in [0.25, 0.3) is 0 Å². The van der Waals surface area contributed by atoms with Crippen LogP contribution in [0, 0.1) is 0 Å². The van der Waals surface area contributed by atoms with Crippen molar-refractivity contribution in [2.45, 2.75) is 37.5 Å². The summed E-state index contributed by atoms with van der Waals surface area (Å²) in [6, 6.07) is 6.37. The van der Waals surface area contributed by atoms with Crippen molar-refractivity contribution in [2.24, 2.45) is 0 Å². The van der Waals surface area contributed by atoms with E-state index in [0.717, 1.165) is 12.2 Å². The van der Waals surface area contributed by atoms with Gasteiger partial charge in [-0.2, -0.15) is 0 Å². The topological polar surface area (TPSA) is 9.23 Å². The van der Waals surface area contributed by atoms with E-state index >= 15 is 0 Å². The van der Waals surface area contributed by atoms with Crippen LogP contribution in [-0.2, 0) is 6.42 Å². The molecule has 0 fully saturated rings. The number of methoxy groups -OCH3 is 1. The van der Waals surface area contributed by atoms with Crippen LogP contribution in [0.15, 0.2) is 18.2 Å². The fourth-order valence-electron chi connectivity index (χ4n) is 2.43. The first-order valence-electron chi connectivity index (χ1n) is 5.53. The Kier molecular flexibility index (Phi) is 3.20. The number of halogens is 1. The van der Waals surface area contributed by atoms with Crippen molar-refractivity contribution in [1.29, 1.82) is 0 Å². The van der Waals surface area contributed by atoms with Crippen molar-refractivity contribution in [2.75, 3.05) is 7.11 Å². The maximum Gasteiger partial charge on any atom is 0.119 e. The predicted octanol–water partition coefficient (Wildman–Crippen LogP) is 3.74. The second-order valence-corrected chi connectivity index (χ2v) is 4.93. The summed E-state index contributed by atoms with van der Waals surface area (Å²) in [5.74, 6) is 1.47. The molecule has 0 N–H and O–H groups in total. The molecule has 2 rings (SSSR count). The highest BCUT2D eigenvalue weighted by molar-refractivity contribution is 6.20. The molecule has 0 saturated heterocycles. The third-order valence-corrected chi connectivity index (χ3v) is 3.57. The Morgan fingerprint density at radius 2 is 2.27 bits per heavy atom. The Hall–Kier alpha value is -0.690.